The minimum Gasteiger partial charge on any atom is -0.310 e. The molecule has 0 radical (unpaired) electrons. The van der Waals surface area contributed by atoms with E-state index < -0.39 is 0 Å². The number of fused-ring (bicyclic) bond motifs is 3. The summed E-state index contributed by atoms with van der Waals surface area (Å²) < 4.78 is 2.66. The van der Waals surface area contributed by atoms with Crippen molar-refractivity contribution in [3.8, 4) is 0 Å². The highest BCUT2D eigenvalue weighted by Crippen LogP contribution is 2.46. The molecule has 1 heterocycles. The molecular formula is C36H25NS. The third kappa shape index (κ3) is 3.04. The van der Waals surface area contributed by atoms with Crippen molar-refractivity contribution in [2.24, 2.45) is 0 Å². The Morgan fingerprint density at radius 3 is 2.08 bits per heavy atom. The number of hydrogen-bond donors (Lipinski definition) is 0. The molecule has 38 heavy (non-hydrogen) atoms. The predicted molar refractivity (Wildman–Crippen MR) is 167 cm³/mol. The predicted octanol–water partition coefficient (Wildman–Crippen LogP) is 11.0. The zero-order valence-corrected chi connectivity index (χ0v) is 22.1. The van der Waals surface area contributed by atoms with E-state index in [0.717, 1.165) is 5.69 Å². The molecule has 0 aliphatic rings. The molecule has 0 amide bonds. The van der Waals surface area contributed by atoms with Gasteiger partial charge in [-0.25, -0.2) is 0 Å². The first-order chi connectivity index (χ1) is 18.7. The summed E-state index contributed by atoms with van der Waals surface area (Å²) in [6.07, 6.45) is 0. The van der Waals surface area contributed by atoms with Crippen LogP contribution in [0.5, 0.6) is 0 Å². The molecule has 0 spiro atoms. The van der Waals surface area contributed by atoms with Gasteiger partial charge < -0.3 is 4.90 Å². The van der Waals surface area contributed by atoms with Gasteiger partial charge in [0.25, 0.3) is 0 Å². The van der Waals surface area contributed by atoms with E-state index in [2.05, 4.69) is 134 Å². The van der Waals surface area contributed by atoms with Crippen molar-refractivity contribution in [1.29, 1.82) is 0 Å². The number of aryl methyl sites for hydroxylation is 2. The Labute approximate surface area is 225 Å². The van der Waals surface area contributed by atoms with Crippen molar-refractivity contribution in [2.45, 2.75) is 13.8 Å². The van der Waals surface area contributed by atoms with E-state index in [4.69, 9.17) is 0 Å². The third-order valence-electron chi connectivity index (χ3n) is 8.06. The first kappa shape index (κ1) is 21.7. The van der Waals surface area contributed by atoms with Crippen molar-refractivity contribution in [2.75, 3.05) is 4.90 Å². The first-order valence-corrected chi connectivity index (χ1v) is 13.9. The van der Waals surface area contributed by atoms with Crippen molar-refractivity contribution in [3.05, 3.63) is 126 Å². The average molecular weight is 504 g/mol. The van der Waals surface area contributed by atoms with Gasteiger partial charge in [-0.15, -0.1) is 11.3 Å². The van der Waals surface area contributed by atoms with Gasteiger partial charge in [0.15, 0.2) is 0 Å². The SMILES string of the molecule is Cc1ccc2ccc3c(C)cc(N(c4ccccc4)c4ccc5sc6ccccc6c5c4)c4ccc1c2c34. The van der Waals surface area contributed by atoms with Crippen molar-refractivity contribution < 1.29 is 0 Å². The van der Waals surface area contributed by atoms with E-state index in [1.54, 1.807) is 0 Å². The zero-order valence-electron chi connectivity index (χ0n) is 21.3. The van der Waals surface area contributed by atoms with Gasteiger partial charge in [0.05, 0.1) is 5.69 Å². The number of rotatable bonds is 3. The van der Waals surface area contributed by atoms with Gasteiger partial charge in [0.1, 0.15) is 0 Å². The number of nitrogens with zero attached hydrogens (tertiary/aromatic N) is 1. The number of benzene rings is 7. The maximum Gasteiger partial charge on any atom is 0.0543 e. The highest BCUT2D eigenvalue weighted by molar-refractivity contribution is 7.25. The lowest BCUT2D eigenvalue weighted by Crippen LogP contribution is -2.11. The maximum absolute atomic E-state index is 2.44. The van der Waals surface area contributed by atoms with Crippen LogP contribution in [-0.4, -0.2) is 0 Å². The van der Waals surface area contributed by atoms with E-state index in [0.29, 0.717) is 0 Å². The monoisotopic (exact) mass is 503 g/mol. The highest BCUT2D eigenvalue weighted by atomic mass is 32.1. The molecule has 1 aromatic heterocycles. The van der Waals surface area contributed by atoms with Crippen LogP contribution in [0.4, 0.5) is 17.1 Å². The smallest absolute Gasteiger partial charge is 0.0543 e. The maximum atomic E-state index is 2.44. The van der Waals surface area contributed by atoms with Crippen molar-refractivity contribution in [3.63, 3.8) is 0 Å². The van der Waals surface area contributed by atoms with Crippen LogP contribution in [0.1, 0.15) is 11.1 Å². The van der Waals surface area contributed by atoms with Gasteiger partial charge in [0.2, 0.25) is 0 Å². The van der Waals surface area contributed by atoms with Crippen LogP contribution in [0.2, 0.25) is 0 Å². The third-order valence-corrected chi connectivity index (χ3v) is 9.21. The molecule has 2 heteroatoms. The van der Waals surface area contributed by atoms with E-state index in [1.807, 2.05) is 11.3 Å². The molecule has 0 atom stereocenters. The quantitative estimate of drug-likeness (QED) is 0.217. The Hall–Kier alpha value is -4.40. The minimum absolute atomic E-state index is 1.16. The summed E-state index contributed by atoms with van der Waals surface area (Å²) in [4.78, 5) is 2.44. The van der Waals surface area contributed by atoms with E-state index in [-0.39, 0.29) is 0 Å². The standard InChI is InChI=1S/C36H25NS/c1-22-12-13-24-14-16-28-23(2)20-32(30-18-17-27(22)35(24)36(28)30)37(25-8-4-3-5-9-25)26-15-19-34-31(21-26)29-10-6-7-11-33(29)38-34/h3-21H,1-2H3. The summed E-state index contributed by atoms with van der Waals surface area (Å²) in [5.41, 5.74) is 6.18. The Bertz CT molecular complexity index is 2150. The lowest BCUT2D eigenvalue weighted by Gasteiger charge is -2.28. The molecule has 0 saturated carbocycles. The fraction of sp³-hybridized carbons (Fsp3) is 0.0556. The Morgan fingerprint density at radius 2 is 1.18 bits per heavy atom. The topological polar surface area (TPSA) is 3.24 Å². The van der Waals surface area contributed by atoms with Gasteiger partial charge in [-0.1, -0.05) is 72.8 Å². The Balaban J connectivity index is 1.48. The summed E-state index contributed by atoms with van der Waals surface area (Å²) in [6.45, 7) is 4.47. The minimum atomic E-state index is 1.16. The van der Waals surface area contributed by atoms with E-state index in [1.165, 1.54) is 75.0 Å². The van der Waals surface area contributed by atoms with Crippen LogP contribution in [0, 0.1) is 13.8 Å². The molecule has 0 unspecified atom stereocenters. The van der Waals surface area contributed by atoms with Crippen LogP contribution in [0.3, 0.4) is 0 Å². The van der Waals surface area contributed by atoms with Gasteiger partial charge in [-0.2, -0.15) is 0 Å². The molecule has 7 aromatic carbocycles. The number of anilines is 3. The highest BCUT2D eigenvalue weighted by Gasteiger charge is 2.20. The summed E-state index contributed by atoms with van der Waals surface area (Å²) in [7, 11) is 0. The second-order valence-corrected chi connectivity index (χ2v) is 11.4. The van der Waals surface area contributed by atoms with Crippen LogP contribution in [0.15, 0.2) is 115 Å². The second-order valence-electron chi connectivity index (χ2n) is 10.3. The molecular weight excluding hydrogens is 478 g/mol. The first-order valence-electron chi connectivity index (χ1n) is 13.1. The molecule has 180 valence electrons. The molecule has 1 nitrogen and oxygen atoms in total. The average Bonchev–Trinajstić information content (AvgIpc) is 3.33. The van der Waals surface area contributed by atoms with Crippen molar-refractivity contribution >= 4 is 80.9 Å². The zero-order chi connectivity index (χ0) is 25.4. The van der Waals surface area contributed by atoms with Gasteiger partial charge in [-0.05, 0) is 94.4 Å². The van der Waals surface area contributed by atoms with Crippen LogP contribution in [-0.2, 0) is 0 Å². The molecule has 8 aromatic rings. The molecule has 0 N–H and O–H groups in total. The number of hydrogen-bond acceptors (Lipinski definition) is 2. The van der Waals surface area contributed by atoms with Crippen LogP contribution < -0.4 is 4.90 Å². The summed E-state index contributed by atoms with van der Waals surface area (Å²) in [6, 6.07) is 42.6. The molecule has 8 rings (SSSR count). The van der Waals surface area contributed by atoms with E-state index >= 15 is 0 Å². The lowest BCUT2D eigenvalue weighted by atomic mass is 9.89. The molecule has 0 aliphatic carbocycles. The lowest BCUT2D eigenvalue weighted by molar-refractivity contribution is 1.30. The number of thiophene rings is 1. The molecule has 0 fully saturated rings. The van der Waals surface area contributed by atoms with E-state index in [9.17, 15) is 0 Å². The summed E-state index contributed by atoms with van der Waals surface area (Å²) in [5.74, 6) is 0. The summed E-state index contributed by atoms with van der Waals surface area (Å²) in [5, 5.41) is 10.6. The van der Waals surface area contributed by atoms with Crippen LogP contribution in [0.25, 0.3) is 52.5 Å². The Morgan fingerprint density at radius 1 is 0.474 bits per heavy atom. The normalized spacial score (nSPS) is 11.9. The summed E-state index contributed by atoms with van der Waals surface area (Å²) >= 11 is 1.87. The van der Waals surface area contributed by atoms with Gasteiger partial charge in [-0.3, -0.25) is 0 Å². The molecule has 0 aliphatic heterocycles. The van der Waals surface area contributed by atoms with Gasteiger partial charge in [0, 0.05) is 36.9 Å². The Kier molecular flexibility index (Phi) is 4.59. The van der Waals surface area contributed by atoms with Crippen molar-refractivity contribution in [1.82, 2.24) is 0 Å². The number of para-hydroxylation sites is 1. The fourth-order valence-electron chi connectivity index (χ4n) is 6.24. The molecule has 0 saturated heterocycles. The largest absolute Gasteiger partial charge is 0.310 e. The molecule has 0 bridgehead atoms. The second kappa shape index (κ2) is 8.05. The van der Waals surface area contributed by atoms with Crippen LogP contribution >= 0.6 is 11.3 Å². The van der Waals surface area contributed by atoms with Gasteiger partial charge >= 0.3 is 0 Å². The fourth-order valence-corrected chi connectivity index (χ4v) is 7.33.